The van der Waals surface area contributed by atoms with Gasteiger partial charge in [0.05, 0.1) is 6.61 Å². The molecule has 90 valence electrons. The number of rotatable bonds is 7. The van der Waals surface area contributed by atoms with Crippen LogP contribution in [0, 0.1) is 12.8 Å². The Labute approximate surface area is 99.0 Å². The summed E-state index contributed by atoms with van der Waals surface area (Å²) in [7, 11) is 1.73. The van der Waals surface area contributed by atoms with Gasteiger partial charge in [-0.3, -0.25) is 0 Å². The lowest BCUT2D eigenvalue weighted by Gasteiger charge is -2.14. The number of hydrogen-bond acceptors (Lipinski definition) is 2. The Morgan fingerprint density at radius 3 is 2.75 bits per heavy atom. The molecule has 0 aliphatic carbocycles. The van der Waals surface area contributed by atoms with Crippen LogP contribution in [0.2, 0.25) is 0 Å². The SMILES string of the molecule is COCCNCC(C)Cc1ccccc1C. The van der Waals surface area contributed by atoms with Gasteiger partial charge in [0.1, 0.15) is 0 Å². The van der Waals surface area contributed by atoms with Crippen LogP contribution in [0.4, 0.5) is 0 Å². The maximum atomic E-state index is 5.00. The van der Waals surface area contributed by atoms with Crippen LogP contribution >= 0.6 is 0 Å². The average molecular weight is 221 g/mol. The average Bonchev–Trinajstić information content (AvgIpc) is 2.28. The number of benzene rings is 1. The molecule has 0 aliphatic rings. The molecule has 1 aromatic rings. The quantitative estimate of drug-likeness (QED) is 0.714. The van der Waals surface area contributed by atoms with E-state index in [-0.39, 0.29) is 0 Å². The second-order valence-electron chi connectivity index (χ2n) is 4.43. The zero-order chi connectivity index (χ0) is 11.8. The van der Waals surface area contributed by atoms with E-state index in [4.69, 9.17) is 4.74 Å². The highest BCUT2D eigenvalue weighted by molar-refractivity contribution is 5.25. The maximum absolute atomic E-state index is 5.00. The first-order valence-electron chi connectivity index (χ1n) is 5.98. The topological polar surface area (TPSA) is 21.3 Å². The number of nitrogens with one attached hydrogen (secondary N) is 1. The molecule has 1 N–H and O–H groups in total. The standard InChI is InChI=1S/C14H23NO/c1-12(11-15-8-9-16-3)10-14-7-5-4-6-13(14)2/h4-7,12,15H,8-11H2,1-3H3. The summed E-state index contributed by atoms with van der Waals surface area (Å²) in [6, 6.07) is 8.62. The molecule has 0 saturated carbocycles. The predicted octanol–water partition coefficient (Wildman–Crippen LogP) is 2.41. The van der Waals surface area contributed by atoms with Crippen molar-refractivity contribution < 1.29 is 4.74 Å². The largest absolute Gasteiger partial charge is 0.383 e. The summed E-state index contributed by atoms with van der Waals surface area (Å²) in [5, 5.41) is 3.40. The summed E-state index contributed by atoms with van der Waals surface area (Å²) in [5.41, 5.74) is 2.86. The van der Waals surface area contributed by atoms with Crippen molar-refractivity contribution in [1.29, 1.82) is 0 Å². The summed E-state index contributed by atoms with van der Waals surface area (Å²) in [6.45, 7) is 7.25. The number of methoxy groups -OCH3 is 1. The van der Waals surface area contributed by atoms with E-state index in [1.807, 2.05) is 0 Å². The first-order valence-corrected chi connectivity index (χ1v) is 5.98. The predicted molar refractivity (Wildman–Crippen MR) is 68.8 cm³/mol. The third kappa shape index (κ3) is 4.77. The highest BCUT2D eigenvalue weighted by atomic mass is 16.5. The van der Waals surface area contributed by atoms with Crippen molar-refractivity contribution in [2.75, 3.05) is 26.8 Å². The zero-order valence-corrected chi connectivity index (χ0v) is 10.6. The Morgan fingerprint density at radius 2 is 2.06 bits per heavy atom. The van der Waals surface area contributed by atoms with E-state index in [1.54, 1.807) is 7.11 Å². The fourth-order valence-corrected chi connectivity index (χ4v) is 1.81. The van der Waals surface area contributed by atoms with Crippen LogP contribution in [-0.4, -0.2) is 26.8 Å². The number of ether oxygens (including phenoxy) is 1. The summed E-state index contributed by atoms with van der Waals surface area (Å²) >= 11 is 0. The van der Waals surface area contributed by atoms with Crippen molar-refractivity contribution >= 4 is 0 Å². The summed E-state index contributed by atoms with van der Waals surface area (Å²) in [5.74, 6) is 0.665. The van der Waals surface area contributed by atoms with Crippen LogP contribution in [0.5, 0.6) is 0 Å². The van der Waals surface area contributed by atoms with Crippen molar-refractivity contribution in [3.63, 3.8) is 0 Å². The van der Waals surface area contributed by atoms with Crippen LogP contribution in [0.1, 0.15) is 18.1 Å². The second-order valence-corrected chi connectivity index (χ2v) is 4.43. The molecule has 0 radical (unpaired) electrons. The molecule has 1 atom stereocenters. The third-order valence-electron chi connectivity index (χ3n) is 2.81. The molecule has 0 amide bonds. The highest BCUT2D eigenvalue weighted by Gasteiger charge is 2.04. The first-order chi connectivity index (χ1) is 7.74. The molecule has 0 aliphatic heterocycles. The number of hydrogen-bond donors (Lipinski definition) is 1. The lowest BCUT2D eigenvalue weighted by Crippen LogP contribution is -2.25. The molecule has 0 heterocycles. The fraction of sp³-hybridized carbons (Fsp3) is 0.571. The van der Waals surface area contributed by atoms with E-state index >= 15 is 0 Å². The van der Waals surface area contributed by atoms with Gasteiger partial charge in [0.25, 0.3) is 0 Å². The minimum atomic E-state index is 0.665. The Balaban J connectivity index is 2.28. The Bertz CT molecular complexity index is 299. The smallest absolute Gasteiger partial charge is 0.0587 e. The van der Waals surface area contributed by atoms with E-state index in [1.165, 1.54) is 11.1 Å². The van der Waals surface area contributed by atoms with Gasteiger partial charge in [-0.1, -0.05) is 31.2 Å². The van der Waals surface area contributed by atoms with Crippen LogP contribution in [0.25, 0.3) is 0 Å². The molecule has 2 heteroatoms. The molecule has 0 bridgehead atoms. The van der Waals surface area contributed by atoms with Gasteiger partial charge >= 0.3 is 0 Å². The lowest BCUT2D eigenvalue weighted by molar-refractivity contribution is 0.198. The van der Waals surface area contributed by atoms with Gasteiger partial charge in [0.15, 0.2) is 0 Å². The molecule has 0 aromatic heterocycles. The van der Waals surface area contributed by atoms with Gasteiger partial charge in [-0.25, -0.2) is 0 Å². The van der Waals surface area contributed by atoms with E-state index in [0.29, 0.717) is 5.92 Å². The van der Waals surface area contributed by atoms with Crippen molar-refractivity contribution in [1.82, 2.24) is 5.32 Å². The molecule has 1 unspecified atom stereocenters. The normalized spacial score (nSPS) is 12.7. The maximum Gasteiger partial charge on any atom is 0.0587 e. The molecule has 1 aromatic carbocycles. The van der Waals surface area contributed by atoms with E-state index in [0.717, 1.165) is 26.1 Å². The van der Waals surface area contributed by atoms with Gasteiger partial charge in [-0.15, -0.1) is 0 Å². The Morgan fingerprint density at radius 1 is 1.31 bits per heavy atom. The molecule has 16 heavy (non-hydrogen) atoms. The monoisotopic (exact) mass is 221 g/mol. The van der Waals surface area contributed by atoms with Crippen LogP contribution in [-0.2, 0) is 11.2 Å². The third-order valence-corrected chi connectivity index (χ3v) is 2.81. The number of aryl methyl sites for hydroxylation is 1. The Kier molecular flexibility index (Phi) is 6.12. The molecular formula is C14H23NO. The molecule has 1 rings (SSSR count). The lowest BCUT2D eigenvalue weighted by atomic mass is 9.97. The van der Waals surface area contributed by atoms with Gasteiger partial charge < -0.3 is 10.1 Å². The van der Waals surface area contributed by atoms with E-state index in [9.17, 15) is 0 Å². The molecular weight excluding hydrogens is 198 g/mol. The summed E-state index contributed by atoms with van der Waals surface area (Å²) in [6.07, 6.45) is 1.15. The van der Waals surface area contributed by atoms with E-state index < -0.39 is 0 Å². The summed E-state index contributed by atoms with van der Waals surface area (Å²) < 4.78 is 5.00. The van der Waals surface area contributed by atoms with Crippen LogP contribution in [0.15, 0.2) is 24.3 Å². The molecule has 0 fully saturated rings. The van der Waals surface area contributed by atoms with Crippen molar-refractivity contribution in [2.45, 2.75) is 20.3 Å². The minimum absolute atomic E-state index is 0.665. The molecule has 0 saturated heterocycles. The van der Waals surface area contributed by atoms with Gasteiger partial charge in [-0.05, 0) is 36.9 Å². The summed E-state index contributed by atoms with van der Waals surface area (Å²) in [4.78, 5) is 0. The molecule has 0 spiro atoms. The highest BCUT2D eigenvalue weighted by Crippen LogP contribution is 2.12. The fourth-order valence-electron chi connectivity index (χ4n) is 1.81. The van der Waals surface area contributed by atoms with Gasteiger partial charge in [0.2, 0.25) is 0 Å². The minimum Gasteiger partial charge on any atom is -0.383 e. The van der Waals surface area contributed by atoms with Crippen molar-refractivity contribution in [3.8, 4) is 0 Å². The first kappa shape index (κ1) is 13.2. The van der Waals surface area contributed by atoms with E-state index in [2.05, 4.69) is 43.4 Å². The van der Waals surface area contributed by atoms with Crippen molar-refractivity contribution in [3.05, 3.63) is 35.4 Å². The molecule has 2 nitrogen and oxygen atoms in total. The van der Waals surface area contributed by atoms with Gasteiger partial charge in [-0.2, -0.15) is 0 Å². The van der Waals surface area contributed by atoms with Crippen LogP contribution < -0.4 is 5.32 Å². The van der Waals surface area contributed by atoms with Crippen molar-refractivity contribution in [2.24, 2.45) is 5.92 Å². The van der Waals surface area contributed by atoms with Gasteiger partial charge in [0, 0.05) is 13.7 Å². The zero-order valence-electron chi connectivity index (χ0n) is 10.6. The van der Waals surface area contributed by atoms with Crippen LogP contribution in [0.3, 0.4) is 0 Å². The Hall–Kier alpha value is -0.860. The second kappa shape index (κ2) is 7.42.